The van der Waals surface area contributed by atoms with Gasteiger partial charge in [0.1, 0.15) is 5.82 Å². The van der Waals surface area contributed by atoms with Crippen molar-refractivity contribution in [2.75, 3.05) is 38.6 Å². The summed E-state index contributed by atoms with van der Waals surface area (Å²) in [4.78, 5) is 9.38. The Morgan fingerprint density at radius 2 is 2.28 bits per heavy atom. The van der Waals surface area contributed by atoms with Gasteiger partial charge in [-0.2, -0.15) is 0 Å². The van der Waals surface area contributed by atoms with Gasteiger partial charge in [0.15, 0.2) is 0 Å². The van der Waals surface area contributed by atoms with Crippen LogP contribution in [-0.4, -0.2) is 49.7 Å². The lowest BCUT2D eigenvalue weighted by Crippen LogP contribution is -2.38. The van der Waals surface area contributed by atoms with Crippen LogP contribution in [0.4, 0.5) is 5.82 Å². The van der Waals surface area contributed by atoms with Crippen molar-refractivity contribution in [1.29, 1.82) is 0 Å². The number of likely N-dealkylation sites (N-methyl/N-ethyl adjacent to an activating group) is 1. The zero-order valence-electron chi connectivity index (χ0n) is 11.7. The fraction of sp³-hybridized carbons (Fsp3) is 0.643. The van der Waals surface area contributed by atoms with Gasteiger partial charge < -0.3 is 15.1 Å². The highest BCUT2D eigenvalue weighted by molar-refractivity contribution is 5.42. The Hall–Kier alpha value is -1.13. The van der Waals surface area contributed by atoms with Crippen molar-refractivity contribution in [2.45, 2.75) is 25.9 Å². The maximum atomic E-state index is 4.54. The van der Waals surface area contributed by atoms with Gasteiger partial charge in [-0.1, -0.05) is 0 Å². The summed E-state index contributed by atoms with van der Waals surface area (Å²) in [5, 5.41) is 3.19. The van der Waals surface area contributed by atoms with Crippen LogP contribution in [0.5, 0.6) is 0 Å². The molecule has 4 heteroatoms. The molecule has 1 aromatic rings. The van der Waals surface area contributed by atoms with Crippen molar-refractivity contribution >= 4 is 5.82 Å². The SMILES string of the molecule is CNCc1ccnc(N2CCCN(C)CC2C)c1. The van der Waals surface area contributed by atoms with Crippen LogP contribution < -0.4 is 10.2 Å². The minimum absolute atomic E-state index is 0.523. The van der Waals surface area contributed by atoms with Crippen LogP contribution >= 0.6 is 0 Å². The summed E-state index contributed by atoms with van der Waals surface area (Å²) in [6.07, 6.45) is 3.13. The molecule has 0 aromatic carbocycles. The van der Waals surface area contributed by atoms with Crippen LogP contribution in [0.3, 0.4) is 0 Å². The van der Waals surface area contributed by atoms with E-state index < -0.39 is 0 Å². The molecule has 100 valence electrons. The Kier molecular flexibility index (Phi) is 4.55. The first kappa shape index (κ1) is 13.3. The summed E-state index contributed by atoms with van der Waals surface area (Å²) in [5.41, 5.74) is 1.30. The number of rotatable bonds is 3. The van der Waals surface area contributed by atoms with Crippen molar-refractivity contribution in [3.63, 3.8) is 0 Å². The molecule has 18 heavy (non-hydrogen) atoms. The quantitative estimate of drug-likeness (QED) is 0.874. The summed E-state index contributed by atoms with van der Waals surface area (Å²) in [7, 11) is 4.18. The molecule has 1 aromatic heterocycles. The molecule has 0 radical (unpaired) electrons. The molecule has 2 rings (SSSR count). The average Bonchev–Trinajstić information content (AvgIpc) is 2.51. The highest BCUT2D eigenvalue weighted by Crippen LogP contribution is 2.18. The van der Waals surface area contributed by atoms with Crippen LogP contribution in [0.25, 0.3) is 0 Å². The molecule has 1 fully saturated rings. The number of nitrogens with zero attached hydrogens (tertiary/aromatic N) is 3. The van der Waals surface area contributed by atoms with E-state index in [1.54, 1.807) is 0 Å². The molecular formula is C14H24N4. The molecule has 0 spiro atoms. The number of anilines is 1. The van der Waals surface area contributed by atoms with Crippen molar-refractivity contribution < 1.29 is 0 Å². The van der Waals surface area contributed by atoms with E-state index in [0.717, 1.165) is 25.5 Å². The van der Waals surface area contributed by atoms with Crippen molar-refractivity contribution in [1.82, 2.24) is 15.2 Å². The van der Waals surface area contributed by atoms with E-state index in [0.29, 0.717) is 6.04 Å². The normalized spacial score (nSPS) is 21.9. The van der Waals surface area contributed by atoms with Gasteiger partial charge >= 0.3 is 0 Å². The van der Waals surface area contributed by atoms with Crippen LogP contribution in [0.2, 0.25) is 0 Å². The molecule has 4 nitrogen and oxygen atoms in total. The van der Waals surface area contributed by atoms with E-state index in [2.05, 4.69) is 46.2 Å². The summed E-state index contributed by atoms with van der Waals surface area (Å²) in [5.74, 6) is 1.12. The Bertz CT molecular complexity index is 380. The molecule has 0 amide bonds. The first-order chi connectivity index (χ1) is 8.70. The molecule has 0 saturated carbocycles. The van der Waals surface area contributed by atoms with Crippen molar-refractivity contribution in [3.05, 3.63) is 23.9 Å². The summed E-state index contributed by atoms with van der Waals surface area (Å²) in [6, 6.07) is 4.81. The third-order valence-corrected chi connectivity index (χ3v) is 3.53. The largest absolute Gasteiger partial charge is 0.353 e. The third-order valence-electron chi connectivity index (χ3n) is 3.53. The lowest BCUT2D eigenvalue weighted by atomic mass is 10.2. The van der Waals surface area contributed by atoms with Gasteiger partial charge in [0, 0.05) is 31.9 Å². The van der Waals surface area contributed by atoms with E-state index in [1.807, 2.05) is 13.2 Å². The Labute approximate surface area is 110 Å². The molecule has 1 atom stereocenters. The van der Waals surface area contributed by atoms with Gasteiger partial charge in [-0.05, 0) is 51.7 Å². The van der Waals surface area contributed by atoms with E-state index in [4.69, 9.17) is 0 Å². The molecule has 2 heterocycles. The molecule has 1 aliphatic heterocycles. The second-order valence-electron chi connectivity index (χ2n) is 5.21. The van der Waals surface area contributed by atoms with E-state index >= 15 is 0 Å². The van der Waals surface area contributed by atoms with Gasteiger partial charge in [-0.15, -0.1) is 0 Å². The lowest BCUT2D eigenvalue weighted by molar-refractivity contribution is 0.337. The third kappa shape index (κ3) is 3.21. The summed E-state index contributed by atoms with van der Waals surface area (Å²) >= 11 is 0. The molecule has 0 aliphatic carbocycles. The first-order valence-electron chi connectivity index (χ1n) is 6.75. The Morgan fingerprint density at radius 3 is 3.06 bits per heavy atom. The number of hydrogen-bond acceptors (Lipinski definition) is 4. The standard InChI is InChI=1S/C14H24N4/c1-12-11-17(3)7-4-8-18(12)14-9-13(10-15-2)5-6-16-14/h5-6,9,12,15H,4,7-8,10-11H2,1-3H3. The fourth-order valence-corrected chi connectivity index (χ4v) is 2.64. The topological polar surface area (TPSA) is 31.4 Å². The minimum Gasteiger partial charge on any atom is -0.353 e. The number of hydrogen-bond donors (Lipinski definition) is 1. The average molecular weight is 248 g/mol. The number of nitrogens with one attached hydrogen (secondary N) is 1. The van der Waals surface area contributed by atoms with E-state index in [1.165, 1.54) is 18.5 Å². The monoisotopic (exact) mass is 248 g/mol. The summed E-state index contributed by atoms with van der Waals surface area (Å²) in [6.45, 7) is 6.57. The fourth-order valence-electron chi connectivity index (χ4n) is 2.64. The van der Waals surface area contributed by atoms with Crippen molar-refractivity contribution in [3.8, 4) is 0 Å². The number of aromatic nitrogens is 1. The smallest absolute Gasteiger partial charge is 0.129 e. The Morgan fingerprint density at radius 1 is 1.44 bits per heavy atom. The van der Waals surface area contributed by atoms with Gasteiger partial charge in [-0.3, -0.25) is 0 Å². The zero-order chi connectivity index (χ0) is 13.0. The number of pyridine rings is 1. The highest BCUT2D eigenvalue weighted by atomic mass is 15.3. The van der Waals surface area contributed by atoms with Crippen LogP contribution in [0.15, 0.2) is 18.3 Å². The second kappa shape index (κ2) is 6.16. The second-order valence-corrected chi connectivity index (χ2v) is 5.21. The summed E-state index contributed by atoms with van der Waals surface area (Å²) < 4.78 is 0. The minimum atomic E-state index is 0.523. The molecule has 1 unspecified atom stereocenters. The van der Waals surface area contributed by atoms with Crippen LogP contribution in [0, 0.1) is 0 Å². The lowest BCUT2D eigenvalue weighted by Gasteiger charge is -2.29. The van der Waals surface area contributed by atoms with E-state index in [9.17, 15) is 0 Å². The van der Waals surface area contributed by atoms with Crippen LogP contribution in [0.1, 0.15) is 18.9 Å². The highest BCUT2D eigenvalue weighted by Gasteiger charge is 2.20. The molecule has 1 saturated heterocycles. The predicted molar refractivity (Wildman–Crippen MR) is 75.9 cm³/mol. The van der Waals surface area contributed by atoms with Gasteiger partial charge in [-0.25, -0.2) is 4.98 Å². The molecule has 1 N–H and O–H groups in total. The maximum absolute atomic E-state index is 4.54. The first-order valence-corrected chi connectivity index (χ1v) is 6.75. The van der Waals surface area contributed by atoms with Crippen LogP contribution in [-0.2, 0) is 6.54 Å². The predicted octanol–water partition coefficient (Wildman–Crippen LogP) is 1.33. The van der Waals surface area contributed by atoms with E-state index in [-0.39, 0.29) is 0 Å². The van der Waals surface area contributed by atoms with Gasteiger partial charge in [0.25, 0.3) is 0 Å². The molecule has 1 aliphatic rings. The zero-order valence-corrected chi connectivity index (χ0v) is 11.7. The maximum Gasteiger partial charge on any atom is 0.129 e. The van der Waals surface area contributed by atoms with Crippen molar-refractivity contribution in [2.24, 2.45) is 0 Å². The van der Waals surface area contributed by atoms with Gasteiger partial charge in [0.05, 0.1) is 0 Å². The van der Waals surface area contributed by atoms with Gasteiger partial charge in [0.2, 0.25) is 0 Å². The molecular weight excluding hydrogens is 224 g/mol. The molecule has 0 bridgehead atoms. The Balaban J connectivity index is 2.15.